The second kappa shape index (κ2) is 20.5. The van der Waals surface area contributed by atoms with Crippen molar-refractivity contribution in [3.63, 3.8) is 0 Å². The molecule has 1 aliphatic rings. The normalized spacial score (nSPS) is 13.3. The minimum atomic E-state index is -0.942. The van der Waals surface area contributed by atoms with Crippen LogP contribution in [0.4, 0.5) is 0 Å². The topological polar surface area (TPSA) is 98.0 Å². The summed E-state index contributed by atoms with van der Waals surface area (Å²) < 4.78 is 16.1. The number of para-hydroxylation sites is 2. The van der Waals surface area contributed by atoms with Crippen molar-refractivity contribution >= 4 is 74.6 Å². The molecular weight excluding hydrogens is 867 g/mol. The van der Waals surface area contributed by atoms with Crippen LogP contribution in [0.5, 0.6) is 5.75 Å². The Morgan fingerprint density at radius 2 is 1.55 bits per heavy atom. The van der Waals surface area contributed by atoms with Gasteiger partial charge in [0.2, 0.25) is 5.91 Å². The lowest BCUT2D eigenvalue weighted by molar-refractivity contribution is -0.116. The number of hydrogen-bond donors (Lipinski definition) is 2. The highest BCUT2D eigenvalue weighted by Crippen LogP contribution is 2.38. The molecule has 3 heterocycles. The van der Waals surface area contributed by atoms with Crippen molar-refractivity contribution in [1.82, 2.24) is 19.4 Å². The molecule has 1 saturated heterocycles. The van der Waals surface area contributed by atoms with Gasteiger partial charge in [0.1, 0.15) is 11.4 Å². The van der Waals surface area contributed by atoms with Crippen LogP contribution in [-0.4, -0.2) is 77.0 Å². The molecule has 12 heteroatoms. The number of rotatable bonds is 17. The van der Waals surface area contributed by atoms with Gasteiger partial charge in [0.15, 0.2) is 0 Å². The Balaban J connectivity index is 1.08. The van der Waals surface area contributed by atoms with E-state index in [9.17, 15) is 14.7 Å². The predicted molar refractivity (Wildman–Crippen MR) is 260 cm³/mol. The predicted octanol–water partition coefficient (Wildman–Crippen LogP) is 11.3. The molecule has 2 aromatic heterocycles. The molecule has 0 unspecified atom stereocenters. The highest BCUT2D eigenvalue weighted by Gasteiger charge is 2.26. The lowest BCUT2D eigenvalue weighted by atomic mass is 9.96. The molecule has 5 aromatic carbocycles. The third-order valence-corrected chi connectivity index (χ3v) is 13.3. The monoisotopic (exact) mass is 916 g/mol. The van der Waals surface area contributed by atoms with Crippen molar-refractivity contribution in [2.24, 2.45) is 0 Å². The summed E-state index contributed by atoms with van der Waals surface area (Å²) in [5.74, 6) is -0.385. The fourth-order valence-electron chi connectivity index (χ4n) is 8.84. The summed E-state index contributed by atoms with van der Waals surface area (Å²) in [5, 5.41) is 17.7. The first-order valence-electron chi connectivity index (χ1n) is 21.7. The maximum Gasteiger partial charge on any atom is 0.352 e. The Morgan fingerprint density at radius 3 is 2.33 bits per heavy atom. The Kier molecular flexibility index (Phi) is 14.4. The highest BCUT2D eigenvalue weighted by atomic mass is 35.5. The van der Waals surface area contributed by atoms with Gasteiger partial charge in [0.25, 0.3) is 0 Å². The Morgan fingerprint density at radius 1 is 0.812 bits per heavy atom. The number of carbonyl (C=O) groups excluding carboxylic acids is 1. The number of fused-ring (bicyclic) bond motifs is 2. The molecule has 330 valence electrons. The maximum atomic E-state index is 13.4. The molecule has 0 aliphatic carbocycles. The summed E-state index contributed by atoms with van der Waals surface area (Å²) in [6.07, 6.45) is 7.20. The van der Waals surface area contributed by atoms with Crippen LogP contribution in [-0.2, 0) is 35.5 Å². The first-order chi connectivity index (χ1) is 31.0. The molecule has 9 nitrogen and oxygen atoms in total. The van der Waals surface area contributed by atoms with Crippen LogP contribution in [0.25, 0.3) is 39.0 Å². The zero-order valence-electron chi connectivity index (χ0n) is 36.0. The molecule has 64 heavy (non-hydrogen) atoms. The molecule has 0 bridgehead atoms. The average molecular weight is 918 g/mol. The number of morpholine rings is 1. The van der Waals surface area contributed by atoms with E-state index in [1.54, 1.807) is 18.2 Å². The van der Waals surface area contributed by atoms with E-state index in [0.29, 0.717) is 81.0 Å². The molecule has 7 aromatic rings. The summed E-state index contributed by atoms with van der Waals surface area (Å²) in [6.45, 7) is 9.56. The SMILES string of the molecule is Cc1cc(OCCCc2c(C(=O)O)n(CCN3CCOCC3)c3c(-c4ccccc4Cn4cc(CCNC(=O)/C=C/c5ccc(Cl)c(Cl)c5)c5ccccc54)cccc23)cc(C)c1Cl. The van der Waals surface area contributed by atoms with Gasteiger partial charge >= 0.3 is 5.97 Å². The first-order valence-corrected chi connectivity index (χ1v) is 22.8. The van der Waals surface area contributed by atoms with Crippen molar-refractivity contribution < 1.29 is 24.2 Å². The number of amides is 1. The van der Waals surface area contributed by atoms with Crippen LogP contribution in [0.2, 0.25) is 15.1 Å². The lowest BCUT2D eigenvalue weighted by Crippen LogP contribution is -2.38. The van der Waals surface area contributed by atoms with Gasteiger partial charge < -0.3 is 29.0 Å². The van der Waals surface area contributed by atoms with Crippen LogP contribution >= 0.6 is 34.8 Å². The summed E-state index contributed by atoms with van der Waals surface area (Å²) in [6, 6.07) is 32.1. The van der Waals surface area contributed by atoms with Gasteiger partial charge in [-0.05, 0) is 108 Å². The molecule has 1 aliphatic heterocycles. The second-order valence-electron chi connectivity index (χ2n) is 16.3. The van der Waals surface area contributed by atoms with Crippen molar-refractivity contribution in [1.29, 1.82) is 0 Å². The zero-order valence-corrected chi connectivity index (χ0v) is 38.3. The minimum absolute atomic E-state index is 0.196. The van der Waals surface area contributed by atoms with E-state index in [0.717, 1.165) is 90.2 Å². The van der Waals surface area contributed by atoms with Gasteiger partial charge in [-0.15, -0.1) is 0 Å². The molecule has 1 fully saturated rings. The fourth-order valence-corrected chi connectivity index (χ4v) is 9.25. The molecule has 8 rings (SSSR count). The van der Waals surface area contributed by atoms with Gasteiger partial charge in [-0.2, -0.15) is 0 Å². The van der Waals surface area contributed by atoms with E-state index in [1.807, 2.05) is 60.9 Å². The summed E-state index contributed by atoms with van der Waals surface area (Å²) in [4.78, 5) is 28.5. The minimum Gasteiger partial charge on any atom is -0.494 e. The average Bonchev–Trinajstić information content (AvgIpc) is 3.81. The van der Waals surface area contributed by atoms with Crippen LogP contribution in [0.3, 0.4) is 0 Å². The van der Waals surface area contributed by atoms with Crippen LogP contribution in [0.1, 0.15) is 50.3 Å². The number of carboxylic acid groups (broad SMARTS) is 1. The van der Waals surface area contributed by atoms with E-state index in [2.05, 4.69) is 63.4 Å². The number of carboxylic acids is 1. The summed E-state index contributed by atoms with van der Waals surface area (Å²) >= 11 is 18.6. The molecular formula is C52H51Cl3N4O5. The number of nitrogens with zero attached hydrogens (tertiary/aromatic N) is 3. The zero-order chi connectivity index (χ0) is 44.7. The third-order valence-electron chi connectivity index (χ3n) is 12.0. The summed E-state index contributed by atoms with van der Waals surface area (Å²) in [7, 11) is 0. The van der Waals surface area contributed by atoms with Gasteiger partial charge in [-0.25, -0.2) is 4.79 Å². The Hall–Kier alpha value is -5.55. The second-order valence-corrected chi connectivity index (χ2v) is 17.5. The van der Waals surface area contributed by atoms with E-state index in [4.69, 9.17) is 44.3 Å². The van der Waals surface area contributed by atoms with Gasteiger partial charge in [-0.1, -0.05) is 102 Å². The first kappa shape index (κ1) is 45.0. The Bertz CT molecular complexity index is 2840. The number of aromatic carboxylic acids is 1. The van der Waals surface area contributed by atoms with Crippen molar-refractivity contribution in [2.45, 2.75) is 46.2 Å². The fraction of sp³-hybridized carbons (Fsp3) is 0.269. The smallest absolute Gasteiger partial charge is 0.352 e. The van der Waals surface area contributed by atoms with E-state index in [-0.39, 0.29) is 5.91 Å². The number of ether oxygens (including phenoxy) is 2. The standard InChI is InChI=1S/C52H51Cl3N4O5/c1-34-29-39(30-35(2)49(34)55)64-26-8-14-44-43-13-7-12-42(50(43)59(51(44)52(61)62)23-22-57-24-27-63-28-25-57)40-10-4-3-9-37(40)32-58-33-38(41-11-5-6-15-47(41)58)20-21-56-48(60)19-17-36-16-18-45(53)46(54)31-36/h3-7,9-13,15-19,29-31,33H,8,14,20-28,32H2,1-2H3,(H,56,60)(H,61,62)/b19-17+. The molecule has 1 amide bonds. The van der Waals surface area contributed by atoms with Crippen molar-refractivity contribution in [3.8, 4) is 16.9 Å². The molecule has 0 spiro atoms. The summed E-state index contributed by atoms with van der Waals surface area (Å²) in [5.41, 5.74) is 10.1. The molecule has 2 N–H and O–H groups in total. The van der Waals surface area contributed by atoms with Crippen LogP contribution in [0, 0.1) is 13.8 Å². The number of halogens is 3. The molecule has 0 saturated carbocycles. The van der Waals surface area contributed by atoms with Crippen molar-refractivity contribution in [2.75, 3.05) is 46.0 Å². The maximum absolute atomic E-state index is 13.4. The van der Waals surface area contributed by atoms with Crippen molar-refractivity contribution in [3.05, 3.63) is 163 Å². The van der Waals surface area contributed by atoms with E-state index < -0.39 is 5.97 Å². The van der Waals surface area contributed by atoms with Gasteiger partial charge in [0, 0.05) is 78.4 Å². The number of nitrogens with one attached hydrogen (secondary N) is 1. The third kappa shape index (κ3) is 10.2. The number of aryl methyl sites for hydroxylation is 3. The lowest BCUT2D eigenvalue weighted by Gasteiger charge is -2.27. The largest absolute Gasteiger partial charge is 0.494 e. The quantitative estimate of drug-likeness (QED) is 0.0698. The van der Waals surface area contributed by atoms with Crippen LogP contribution in [0.15, 0.2) is 109 Å². The van der Waals surface area contributed by atoms with Gasteiger partial charge in [0.05, 0.1) is 35.4 Å². The number of benzene rings is 5. The Labute approximate surface area is 388 Å². The molecule has 0 radical (unpaired) electrons. The molecule has 0 atom stereocenters. The number of aromatic nitrogens is 2. The van der Waals surface area contributed by atoms with E-state index >= 15 is 0 Å². The van der Waals surface area contributed by atoms with Crippen LogP contribution < -0.4 is 10.1 Å². The number of hydrogen-bond acceptors (Lipinski definition) is 5. The number of carbonyl (C=O) groups is 2. The van der Waals surface area contributed by atoms with Gasteiger partial charge in [-0.3, -0.25) is 9.69 Å². The van der Waals surface area contributed by atoms with E-state index in [1.165, 1.54) is 6.08 Å². The highest BCUT2D eigenvalue weighted by molar-refractivity contribution is 6.42.